The van der Waals surface area contributed by atoms with Crippen LogP contribution >= 0.6 is 0 Å². The number of piperidine rings is 1. The number of halogens is 1. The largest absolute Gasteiger partial charge is 0.354 e. The van der Waals surface area contributed by atoms with E-state index in [1.807, 2.05) is 0 Å². The Kier molecular flexibility index (Phi) is 7.00. The summed E-state index contributed by atoms with van der Waals surface area (Å²) in [6.45, 7) is 4.21. The van der Waals surface area contributed by atoms with Gasteiger partial charge in [-0.15, -0.1) is 0 Å². The van der Waals surface area contributed by atoms with E-state index in [4.69, 9.17) is 0 Å². The molecule has 0 unspecified atom stereocenters. The molecule has 146 valence electrons. The maximum Gasteiger partial charge on any atom is 0.243 e. The van der Waals surface area contributed by atoms with E-state index in [9.17, 15) is 17.6 Å². The normalized spacial score (nSPS) is 17.7. The van der Waals surface area contributed by atoms with Crippen molar-refractivity contribution in [1.82, 2.24) is 10.2 Å². The van der Waals surface area contributed by atoms with Crippen LogP contribution in [0.4, 0.5) is 10.1 Å². The molecule has 1 saturated heterocycles. The lowest BCUT2D eigenvalue weighted by Gasteiger charge is -2.30. The number of amides is 1. The third kappa shape index (κ3) is 5.67. The molecule has 1 fully saturated rings. The van der Waals surface area contributed by atoms with Gasteiger partial charge in [-0.1, -0.05) is 0 Å². The molecule has 1 atom stereocenters. The molecule has 1 heterocycles. The number of anilines is 1. The van der Waals surface area contributed by atoms with Gasteiger partial charge in [-0.25, -0.2) is 12.8 Å². The highest BCUT2D eigenvalue weighted by molar-refractivity contribution is 7.92. The molecule has 0 aromatic heterocycles. The summed E-state index contributed by atoms with van der Waals surface area (Å²) < 4.78 is 38.5. The number of benzene rings is 1. The topological polar surface area (TPSA) is 69.7 Å². The van der Waals surface area contributed by atoms with Gasteiger partial charge in [0.15, 0.2) is 0 Å². The number of nitrogens with zero attached hydrogens (tertiary/aromatic N) is 2. The van der Waals surface area contributed by atoms with E-state index in [0.29, 0.717) is 12.5 Å². The Morgan fingerprint density at radius 1 is 1.31 bits per heavy atom. The van der Waals surface area contributed by atoms with Crippen molar-refractivity contribution in [1.29, 1.82) is 0 Å². The van der Waals surface area contributed by atoms with E-state index in [1.54, 1.807) is 0 Å². The summed E-state index contributed by atoms with van der Waals surface area (Å²) in [7, 11) is -1.58. The van der Waals surface area contributed by atoms with Crippen LogP contribution in [-0.2, 0) is 14.8 Å². The van der Waals surface area contributed by atoms with E-state index >= 15 is 0 Å². The van der Waals surface area contributed by atoms with Crippen molar-refractivity contribution < 1.29 is 17.6 Å². The number of likely N-dealkylation sites (tertiary alicyclic amines) is 1. The second kappa shape index (κ2) is 8.81. The fourth-order valence-corrected chi connectivity index (χ4v) is 4.47. The highest BCUT2D eigenvalue weighted by Crippen LogP contribution is 2.22. The van der Waals surface area contributed by atoms with Gasteiger partial charge >= 0.3 is 0 Å². The summed E-state index contributed by atoms with van der Waals surface area (Å²) in [6.07, 6.45) is 4.17. The van der Waals surface area contributed by atoms with Gasteiger partial charge in [0.2, 0.25) is 15.9 Å². The minimum Gasteiger partial charge on any atom is -0.354 e. The number of hydrogen-bond donors (Lipinski definition) is 1. The first kappa shape index (κ1) is 20.6. The van der Waals surface area contributed by atoms with Gasteiger partial charge in [0.25, 0.3) is 0 Å². The zero-order valence-corrected chi connectivity index (χ0v) is 16.4. The van der Waals surface area contributed by atoms with Crippen LogP contribution < -0.4 is 9.62 Å². The van der Waals surface area contributed by atoms with Crippen molar-refractivity contribution in [3.05, 3.63) is 30.1 Å². The number of sulfonamides is 1. The van der Waals surface area contributed by atoms with Crippen LogP contribution in [0.15, 0.2) is 24.3 Å². The van der Waals surface area contributed by atoms with Gasteiger partial charge in [0, 0.05) is 6.54 Å². The van der Waals surface area contributed by atoms with Gasteiger partial charge in [-0.05, 0) is 76.5 Å². The molecule has 1 aromatic carbocycles. The fraction of sp³-hybridized carbons (Fsp3) is 0.611. The van der Waals surface area contributed by atoms with Crippen molar-refractivity contribution in [2.45, 2.75) is 32.2 Å². The Morgan fingerprint density at radius 3 is 2.42 bits per heavy atom. The lowest BCUT2D eigenvalue weighted by atomic mass is 9.94. The molecule has 8 heteroatoms. The predicted molar refractivity (Wildman–Crippen MR) is 101 cm³/mol. The van der Waals surface area contributed by atoms with Gasteiger partial charge in [0.05, 0.1) is 11.9 Å². The van der Waals surface area contributed by atoms with Gasteiger partial charge in [0.1, 0.15) is 11.9 Å². The van der Waals surface area contributed by atoms with Gasteiger partial charge < -0.3 is 10.2 Å². The molecule has 0 spiro atoms. The first-order valence-corrected chi connectivity index (χ1v) is 10.7. The zero-order valence-electron chi connectivity index (χ0n) is 15.6. The third-order valence-corrected chi connectivity index (χ3v) is 6.10. The molecule has 2 rings (SSSR count). The minimum absolute atomic E-state index is 0.270. The van der Waals surface area contributed by atoms with Crippen LogP contribution in [0.3, 0.4) is 0 Å². The quantitative estimate of drug-likeness (QED) is 0.777. The Balaban J connectivity index is 1.96. The Morgan fingerprint density at radius 2 is 1.88 bits per heavy atom. The lowest BCUT2D eigenvalue weighted by Crippen LogP contribution is -2.48. The maximum atomic E-state index is 13.1. The molecule has 1 aromatic rings. The molecular weight excluding hydrogens is 357 g/mol. The molecule has 0 bridgehead atoms. The van der Waals surface area contributed by atoms with Crippen LogP contribution in [0.2, 0.25) is 0 Å². The molecule has 26 heavy (non-hydrogen) atoms. The maximum absolute atomic E-state index is 13.1. The summed E-state index contributed by atoms with van der Waals surface area (Å²) in [6, 6.07) is 4.17. The van der Waals surface area contributed by atoms with Crippen molar-refractivity contribution in [3.63, 3.8) is 0 Å². The number of carbonyl (C=O) groups is 1. The van der Waals surface area contributed by atoms with E-state index in [0.717, 1.165) is 42.9 Å². The van der Waals surface area contributed by atoms with Crippen molar-refractivity contribution in [2.75, 3.05) is 37.2 Å². The summed E-state index contributed by atoms with van der Waals surface area (Å²) >= 11 is 0. The highest BCUT2D eigenvalue weighted by atomic mass is 32.2. The average Bonchev–Trinajstić information content (AvgIpc) is 2.57. The van der Waals surface area contributed by atoms with E-state index in [2.05, 4.69) is 17.3 Å². The first-order valence-electron chi connectivity index (χ1n) is 8.89. The average molecular weight is 386 g/mol. The molecule has 1 aliphatic heterocycles. The Bertz CT molecular complexity index is 701. The third-order valence-electron chi connectivity index (χ3n) is 4.86. The molecule has 1 amide bonds. The van der Waals surface area contributed by atoms with Crippen molar-refractivity contribution >= 4 is 21.6 Å². The minimum atomic E-state index is -3.68. The Hall–Kier alpha value is -1.67. The summed E-state index contributed by atoms with van der Waals surface area (Å²) in [5, 5.41) is 2.84. The lowest BCUT2D eigenvalue weighted by molar-refractivity contribution is -0.121. The highest BCUT2D eigenvalue weighted by Gasteiger charge is 2.29. The number of hydrogen-bond acceptors (Lipinski definition) is 4. The second-order valence-corrected chi connectivity index (χ2v) is 8.90. The molecule has 6 nitrogen and oxygen atoms in total. The van der Waals surface area contributed by atoms with E-state index in [1.165, 1.54) is 31.2 Å². The van der Waals surface area contributed by atoms with Crippen LogP contribution in [-0.4, -0.2) is 58.2 Å². The number of nitrogens with one attached hydrogen (secondary N) is 1. The second-order valence-electron chi connectivity index (χ2n) is 7.04. The standard InChI is InChI=1S/C18H28FN3O3S/c1-14(18(23)20-11-8-15-9-12-21(2)13-10-15)22(26(3,24)25)17-6-4-16(19)5-7-17/h4-7,14-15H,8-13H2,1-3H3,(H,20,23)/t14-/m0/s1. The predicted octanol–water partition coefficient (Wildman–Crippen LogP) is 1.83. The van der Waals surface area contributed by atoms with E-state index in [-0.39, 0.29) is 11.6 Å². The SMILES string of the molecule is C[C@@H](C(=O)NCCC1CCN(C)CC1)N(c1ccc(F)cc1)S(C)(=O)=O. The van der Waals surface area contributed by atoms with Crippen LogP contribution in [0.1, 0.15) is 26.2 Å². The summed E-state index contributed by atoms with van der Waals surface area (Å²) in [5.74, 6) is -0.227. The fourth-order valence-electron chi connectivity index (χ4n) is 3.29. The van der Waals surface area contributed by atoms with Crippen LogP contribution in [0.5, 0.6) is 0 Å². The number of rotatable bonds is 7. The van der Waals surface area contributed by atoms with E-state index < -0.39 is 21.9 Å². The Labute approximate surface area is 155 Å². The molecule has 0 saturated carbocycles. The molecule has 1 aliphatic rings. The van der Waals surface area contributed by atoms with Gasteiger partial charge in [-0.3, -0.25) is 9.10 Å². The number of carbonyl (C=O) groups excluding carboxylic acids is 1. The summed E-state index contributed by atoms with van der Waals surface area (Å²) in [5.41, 5.74) is 0.270. The zero-order chi connectivity index (χ0) is 19.3. The molecule has 0 radical (unpaired) electrons. The monoisotopic (exact) mass is 385 g/mol. The van der Waals surface area contributed by atoms with Crippen molar-refractivity contribution in [2.24, 2.45) is 5.92 Å². The molecule has 1 N–H and O–H groups in total. The smallest absolute Gasteiger partial charge is 0.243 e. The van der Waals surface area contributed by atoms with Gasteiger partial charge in [-0.2, -0.15) is 0 Å². The first-order chi connectivity index (χ1) is 12.2. The van der Waals surface area contributed by atoms with Crippen LogP contribution in [0, 0.1) is 11.7 Å². The molecule has 0 aliphatic carbocycles. The molecular formula is C18H28FN3O3S. The van der Waals surface area contributed by atoms with Crippen molar-refractivity contribution in [3.8, 4) is 0 Å². The summed E-state index contributed by atoms with van der Waals surface area (Å²) in [4.78, 5) is 14.8. The van der Waals surface area contributed by atoms with Crippen LogP contribution in [0.25, 0.3) is 0 Å².